The largest absolute Gasteiger partial charge is 0.497 e. The molecule has 0 radical (unpaired) electrons. The second-order valence-corrected chi connectivity index (χ2v) is 11.2. The van der Waals surface area contributed by atoms with Crippen LogP contribution < -0.4 is 4.74 Å². The van der Waals surface area contributed by atoms with E-state index in [1.807, 2.05) is 6.07 Å². The van der Waals surface area contributed by atoms with Crippen LogP contribution in [-0.4, -0.2) is 26.6 Å². The molecule has 0 saturated heterocycles. The number of aromatic nitrogens is 4. The minimum atomic E-state index is 0.671. The number of hydrogen-bond donors (Lipinski definition) is 0. The summed E-state index contributed by atoms with van der Waals surface area (Å²) in [7, 11) is 1.72. The SMILES string of the molecule is COc1ccc2c(c1)c1cc(-c3ccccc3)ccc1n2-c1c(C)cc(-c2ncnc(-c3c(C)cccc3C)n2)cc1C. The van der Waals surface area contributed by atoms with E-state index in [1.165, 1.54) is 16.5 Å². The van der Waals surface area contributed by atoms with Crippen molar-refractivity contribution in [2.75, 3.05) is 7.11 Å². The molecule has 0 unspecified atom stereocenters. The molecule has 0 N–H and O–H groups in total. The summed E-state index contributed by atoms with van der Waals surface area (Å²) in [5.74, 6) is 2.21. The molecule has 2 aromatic heterocycles. The molecule has 5 nitrogen and oxygen atoms in total. The van der Waals surface area contributed by atoms with E-state index in [9.17, 15) is 0 Å². The van der Waals surface area contributed by atoms with Crippen molar-refractivity contribution in [1.82, 2.24) is 19.5 Å². The fourth-order valence-electron chi connectivity index (χ4n) is 6.34. The smallest absolute Gasteiger partial charge is 0.163 e. The fraction of sp³-hybridized carbons (Fsp3) is 0.132. The molecule has 0 amide bonds. The number of benzene rings is 5. The van der Waals surface area contributed by atoms with E-state index in [0.717, 1.165) is 61.2 Å². The molecule has 2 heterocycles. The molecule has 0 aliphatic rings. The Kier molecular flexibility index (Phi) is 6.51. The van der Waals surface area contributed by atoms with Crippen molar-refractivity contribution in [3.63, 3.8) is 0 Å². The lowest BCUT2D eigenvalue weighted by atomic mass is 10.0. The Labute approximate surface area is 251 Å². The van der Waals surface area contributed by atoms with Crippen molar-refractivity contribution in [1.29, 1.82) is 0 Å². The number of hydrogen-bond acceptors (Lipinski definition) is 4. The van der Waals surface area contributed by atoms with Gasteiger partial charge in [-0.2, -0.15) is 0 Å². The molecule has 5 aromatic carbocycles. The van der Waals surface area contributed by atoms with Crippen molar-refractivity contribution >= 4 is 21.8 Å². The van der Waals surface area contributed by atoms with Crippen LogP contribution in [0.25, 0.3) is 61.4 Å². The number of rotatable bonds is 5. The maximum absolute atomic E-state index is 5.64. The van der Waals surface area contributed by atoms with Gasteiger partial charge in [0.1, 0.15) is 12.1 Å². The van der Waals surface area contributed by atoms with Gasteiger partial charge in [-0.3, -0.25) is 0 Å². The van der Waals surface area contributed by atoms with Crippen LogP contribution in [0.3, 0.4) is 0 Å². The lowest BCUT2D eigenvalue weighted by Gasteiger charge is -2.17. The molecular weight excluding hydrogens is 528 g/mol. The summed E-state index contributed by atoms with van der Waals surface area (Å²) in [5, 5.41) is 2.35. The number of fused-ring (bicyclic) bond motifs is 3. The van der Waals surface area contributed by atoms with E-state index < -0.39 is 0 Å². The molecule has 43 heavy (non-hydrogen) atoms. The van der Waals surface area contributed by atoms with Gasteiger partial charge < -0.3 is 9.30 Å². The zero-order valence-corrected chi connectivity index (χ0v) is 25.0. The maximum Gasteiger partial charge on any atom is 0.163 e. The normalized spacial score (nSPS) is 11.4. The van der Waals surface area contributed by atoms with Crippen molar-refractivity contribution in [3.8, 4) is 45.3 Å². The second-order valence-electron chi connectivity index (χ2n) is 11.2. The number of nitrogens with zero attached hydrogens (tertiary/aromatic N) is 4. The standard InChI is InChI=1S/C38H32N4O/c1-23-10-9-11-24(2)35(23)38-40-22-39-37(41-38)29-18-25(3)36(26(4)19-29)42-33-16-14-28(27-12-7-6-8-13-27)20-31(33)32-21-30(43-5)15-17-34(32)42/h6-22H,1-5H3. The molecule has 210 valence electrons. The Balaban J connectivity index is 1.40. The fourth-order valence-corrected chi connectivity index (χ4v) is 6.34. The van der Waals surface area contributed by atoms with Gasteiger partial charge in [0, 0.05) is 21.9 Å². The molecule has 0 bridgehead atoms. The predicted molar refractivity (Wildman–Crippen MR) is 176 cm³/mol. The molecule has 7 rings (SSSR count). The summed E-state index contributed by atoms with van der Waals surface area (Å²) >= 11 is 0. The van der Waals surface area contributed by atoms with Gasteiger partial charge in [-0.1, -0.05) is 54.6 Å². The molecule has 0 fully saturated rings. The minimum Gasteiger partial charge on any atom is -0.497 e. The first-order valence-electron chi connectivity index (χ1n) is 14.5. The molecule has 7 aromatic rings. The van der Waals surface area contributed by atoms with Crippen LogP contribution in [0.1, 0.15) is 22.3 Å². The third-order valence-electron chi connectivity index (χ3n) is 8.33. The molecule has 0 atom stereocenters. The molecular formula is C38H32N4O. The average molecular weight is 561 g/mol. The molecule has 0 aliphatic carbocycles. The monoisotopic (exact) mass is 560 g/mol. The van der Waals surface area contributed by atoms with Crippen LogP contribution >= 0.6 is 0 Å². The summed E-state index contributed by atoms with van der Waals surface area (Å²) in [5.41, 5.74) is 12.5. The lowest BCUT2D eigenvalue weighted by molar-refractivity contribution is 0.415. The first kappa shape index (κ1) is 26.6. The maximum atomic E-state index is 5.64. The van der Waals surface area contributed by atoms with Crippen molar-refractivity contribution < 1.29 is 4.74 Å². The van der Waals surface area contributed by atoms with Gasteiger partial charge in [0.2, 0.25) is 0 Å². The Hall–Kier alpha value is -5.29. The summed E-state index contributed by atoms with van der Waals surface area (Å²) in [4.78, 5) is 14.0. The highest BCUT2D eigenvalue weighted by Crippen LogP contribution is 2.39. The Morgan fingerprint density at radius 1 is 0.558 bits per heavy atom. The van der Waals surface area contributed by atoms with E-state index in [2.05, 4.69) is 133 Å². The Morgan fingerprint density at radius 2 is 1.21 bits per heavy atom. The van der Waals surface area contributed by atoms with Crippen LogP contribution in [0.15, 0.2) is 103 Å². The van der Waals surface area contributed by atoms with E-state index in [-0.39, 0.29) is 0 Å². The van der Waals surface area contributed by atoms with Crippen LogP contribution in [0.5, 0.6) is 5.75 Å². The van der Waals surface area contributed by atoms with Crippen LogP contribution in [0.4, 0.5) is 0 Å². The van der Waals surface area contributed by atoms with Gasteiger partial charge in [0.05, 0.1) is 23.8 Å². The minimum absolute atomic E-state index is 0.671. The van der Waals surface area contributed by atoms with Gasteiger partial charge in [0.25, 0.3) is 0 Å². The average Bonchev–Trinajstić information content (AvgIpc) is 3.34. The third kappa shape index (κ3) is 4.54. The summed E-state index contributed by atoms with van der Waals surface area (Å²) in [6.07, 6.45) is 1.62. The van der Waals surface area contributed by atoms with Crippen molar-refractivity contribution in [2.24, 2.45) is 0 Å². The quantitative estimate of drug-likeness (QED) is 0.211. The van der Waals surface area contributed by atoms with Crippen molar-refractivity contribution in [2.45, 2.75) is 27.7 Å². The van der Waals surface area contributed by atoms with Crippen LogP contribution in [-0.2, 0) is 0 Å². The molecule has 0 saturated carbocycles. The highest BCUT2D eigenvalue weighted by Gasteiger charge is 2.19. The summed E-state index contributed by atoms with van der Waals surface area (Å²) in [6, 6.07) is 34.2. The third-order valence-corrected chi connectivity index (χ3v) is 8.33. The van der Waals surface area contributed by atoms with E-state index in [1.54, 1.807) is 13.4 Å². The highest BCUT2D eigenvalue weighted by molar-refractivity contribution is 6.11. The van der Waals surface area contributed by atoms with Gasteiger partial charge in [0.15, 0.2) is 11.6 Å². The van der Waals surface area contributed by atoms with Gasteiger partial charge >= 0.3 is 0 Å². The Bertz CT molecular complexity index is 2120. The first-order valence-corrected chi connectivity index (χ1v) is 14.5. The summed E-state index contributed by atoms with van der Waals surface area (Å²) < 4.78 is 8.02. The van der Waals surface area contributed by atoms with E-state index in [0.29, 0.717) is 11.6 Å². The summed E-state index contributed by atoms with van der Waals surface area (Å²) in [6.45, 7) is 8.52. The topological polar surface area (TPSA) is 52.8 Å². The zero-order chi connectivity index (χ0) is 29.7. The second kappa shape index (κ2) is 10.5. The highest BCUT2D eigenvalue weighted by atomic mass is 16.5. The zero-order valence-electron chi connectivity index (χ0n) is 25.0. The van der Waals surface area contributed by atoms with Crippen LogP contribution in [0, 0.1) is 27.7 Å². The number of methoxy groups -OCH3 is 1. The van der Waals surface area contributed by atoms with Gasteiger partial charge in [-0.25, -0.2) is 15.0 Å². The number of ether oxygens (including phenoxy) is 1. The van der Waals surface area contributed by atoms with Crippen LogP contribution in [0.2, 0.25) is 0 Å². The molecule has 0 spiro atoms. The predicted octanol–water partition coefficient (Wildman–Crippen LogP) is 9.21. The van der Waals surface area contributed by atoms with Gasteiger partial charge in [-0.05, 0) is 104 Å². The Morgan fingerprint density at radius 3 is 1.91 bits per heavy atom. The molecule has 0 aliphatic heterocycles. The molecule has 5 heteroatoms. The number of aryl methyl sites for hydroxylation is 4. The van der Waals surface area contributed by atoms with E-state index in [4.69, 9.17) is 9.72 Å². The van der Waals surface area contributed by atoms with Gasteiger partial charge in [-0.15, -0.1) is 0 Å². The van der Waals surface area contributed by atoms with Crippen molar-refractivity contribution in [3.05, 3.63) is 126 Å². The lowest BCUT2D eigenvalue weighted by Crippen LogP contribution is -2.03. The first-order chi connectivity index (χ1) is 20.9. The van der Waals surface area contributed by atoms with E-state index >= 15 is 0 Å².